The molecule has 0 N–H and O–H groups in total. The van der Waals surface area contributed by atoms with Crippen LogP contribution >= 0.6 is 38.5 Å². The summed E-state index contributed by atoms with van der Waals surface area (Å²) in [6, 6.07) is 1.47. The fourth-order valence-electron chi connectivity index (χ4n) is 0.882. The number of rotatable bonds is 2. The molecule has 0 saturated carbocycles. The Morgan fingerprint density at radius 3 is 2.54 bits per heavy atom. The van der Waals surface area contributed by atoms with Crippen molar-refractivity contribution in [3.05, 3.63) is 26.8 Å². The molecule has 1 rings (SSSR count). The lowest BCUT2D eigenvalue weighted by Crippen LogP contribution is -1.99. The summed E-state index contributed by atoms with van der Waals surface area (Å²) in [6.07, 6.45) is 0. The van der Waals surface area contributed by atoms with Crippen molar-refractivity contribution in [2.45, 2.75) is 5.33 Å². The Balaban J connectivity index is 3.37. The average Bonchev–Trinajstić information content (AvgIpc) is 2.12. The number of ether oxygens (including phenoxy) is 1. The minimum Gasteiger partial charge on any atom is -0.494 e. The molecule has 0 aliphatic carbocycles. The van der Waals surface area contributed by atoms with Gasteiger partial charge < -0.3 is 4.74 Å². The van der Waals surface area contributed by atoms with E-state index < -0.39 is 11.6 Å². The third-order valence-corrected chi connectivity index (χ3v) is 3.10. The summed E-state index contributed by atoms with van der Waals surface area (Å²) < 4.78 is 31.6. The molecule has 0 fully saturated rings. The van der Waals surface area contributed by atoms with E-state index >= 15 is 0 Å². The Morgan fingerprint density at radius 2 is 2.08 bits per heavy atom. The first kappa shape index (κ1) is 11.2. The van der Waals surface area contributed by atoms with Gasteiger partial charge >= 0.3 is 0 Å². The van der Waals surface area contributed by atoms with Gasteiger partial charge in [0, 0.05) is 14.5 Å². The lowest BCUT2D eigenvalue weighted by Gasteiger charge is -2.07. The van der Waals surface area contributed by atoms with Crippen LogP contribution in [-0.4, -0.2) is 7.11 Å². The van der Waals surface area contributed by atoms with Crippen LogP contribution in [0.15, 0.2) is 6.07 Å². The van der Waals surface area contributed by atoms with Crippen LogP contribution < -0.4 is 4.74 Å². The molecule has 0 saturated heterocycles. The number of methoxy groups -OCH3 is 1. The highest BCUT2D eigenvalue weighted by atomic mass is 127. The summed E-state index contributed by atoms with van der Waals surface area (Å²) >= 11 is 5.02. The predicted molar refractivity (Wildman–Crippen MR) is 58.3 cm³/mol. The van der Waals surface area contributed by atoms with Crippen LogP contribution in [0.5, 0.6) is 5.75 Å². The van der Waals surface area contributed by atoms with Gasteiger partial charge in [0.1, 0.15) is 0 Å². The first-order valence-corrected chi connectivity index (χ1v) is 5.58. The third kappa shape index (κ3) is 2.12. The van der Waals surface area contributed by atoms with E-state index in [1.165, 1.54) is 13.2 Å². The van der Waals surface area contributed by atoms with Crippen LogP contribution in [0.2, 0.25) is 0 Å². The molecule has 0 unspecified atom stereocenters. The molecule has 0 atom stereocenters. The van der Waals surface area contributed by atoms with E-state index in [1.54, 1.807) is 0 Å². The highest BCUT2D eigenvalue weighted by molar-refractivity contribution is 14.1. The number of hydrogen-bond donors (Lipinski definition) is 0. The fraction of sp³-hybridized carbons (Fsp3) is 0.250. The van der Waals surface area contributed by atoms with Crippen LogP contribution in [-0.2, 0) is 5.33 Å². The summed E-state index contributed by atoms with van der Waals surface area (Å²) in [5.41, 5.74) is 0.318. The molecule has 5 heteroatoms. The van der Waals surface area contributed by atoms with Gasteiger partial charge in [0.15, 0.2) is 11.6 Å². The SMILES string of the molecule is COc1cc(I)c(CBr)c(F)c1F. The van der Waals surface area contributed by atoms with E-state index in [9.17, 15) is 8.78 Å². The van der Waals surface area contributed by atoms with E-state index in [0.717, 1.165) is 0 Å². The highest BCUT2D eigenvalue weighted by Crippen LogP contribution is 2.28. The summed E-state index contributed by atoms with van der Waals surface area (Å²) in [4.78, 5) is 0. The zero-order valence-electron chi connectivity index (χ0n) is 6.70. The van der Waals surface area contributed by atoms with Gasteiger partial charge in [-0.25, -0.2) is 4.39 Å². The first-order chi connectivity index (χ1) is 6.11. The maximum Gasteiger partial charge on any atom is 0.200 e. The fourth-order valence-corrected chi connectivity index (χ4v) is 2.66. The third-order valence-electron chi connectivity index (χ3n) is 1.57. The molecule has 0 bridgehead atoms. The molecule has 1 aromatic carbocycles. The Kier molecular flexibility index (Phi) is 3.90. The van der Waals surface area contributed by atoms with E-state index in [4.69, 9.17) is 0 Å². The van der Waals surface area contributed by atoms with Crippen molar-refractivity contribution in [2.24, 2.45) is 0 Å². The maximum atomic E-state index is 13.2. The summed E-state index contributed by atoms with van der Waals surface area (Å²) in [5, 5.41) is 0.290. The van der Waals surface area contributed by atoms with Gasteiger partial charge in [-0.15, -0.1) is 0 Å². The lowest BCUT2D eigenvalue weighted by molar-refractivity contribution is 0.370. The second kappa shape index (κ2) is 4.54. The standard InChI is InChI=1S/C8H6BrF2IO/c1-13-6-2-5(12)4(3-9)7(10)8(6)11/h2H,3H2,1H3. The van der Waals surface area contributed by atoms with Crippen molar-refractivity contribution >= 4 is 38.5 Å². The Morgan fingerprint density at radius 1 is 1.46 bits per heavy atom. The molecule has 1 aromatic rings. The molecule has 72 valence electrons. The van der Waals surface area contributed by atoms with Gasteiger partial charge in [0.05, 0.1) is 7.11 Å². The molecule has 0 heterocycles. The normalized spacial score (nSPS) is 10.2. The second-order valence-electron chi connectivity index (χ2n) is 2.30. The minimum absolute atomic E-state index is 0.0633. The molecule has 0 aromatic heterocycles. The van der Waals surface area contributed by atoms with E-state index in [2.05, 4.69) is 20.7 Å². The quantitative estimate of drug-likeness (QED) is 0.444. The molecule has 13 heavy (non-hydrogen) atoms. The number of halogens is 4. The van der Waals surface area contributed by atoms with Crippen molar-refractivity contribution in [3.63, 3.8) is 0 Å². The molecule has 0 aliphatic rings. The van der Waals surface area contributed by atoms with Crippen LogP contribution in [0.25, 0.3) is 0 Å². The molecule has 1 nitrogen and oxygen atoms in total. The Bertz CT molecular complexity index is 330. The minimum atomic E-state index is -0.933. The predicted octanol–water partition coefficient (Wildman–Crippen LogP) is 3.47. The lowest BCUT2D eigenvalue weighted by atomic mass is 10.2. The summed E-state index contributed by atoms with van der Waals surface area (Å²) in [7, 11) is 1.31. The molecule has 0 aliphatic heterocycles. The van der Waals surface area contributed by atoms with Gasteiger partial charge in [-0.3, -0.25) is 0 Å². The zero-order chi connectivity index (χ0) is 10.0. The van der Waals surface area contributed by atoms with Gasteiger partial charge in [-0.1, -0.05) is 15.9 Å². The van der Waals surface area contributed by atoms with Crippen molar-refractivity contribution in [1.29, 1.82) is 0 Å². The molecular weight excluding hydrogens is 357 g/mol. The van der Waals surface area contributed by atoms with Crippen LogP contribution in [0, 0.1) is 15.2 Å². The van der Waals surface area contributed by atoms with Crippen molar-refractivity contribution in [2.75, 3.05) is 7.11 Å². The summed E-state index contributed by atoms with van der Waals surface area (Å²) in [5.74, 6) is -1.84. The average molecular weight is 363 g/mol. The van der Waals surface area contributed by atoms with Crippen LogP contribution in [0.3, 0.4) is 0 Å². The van der Waals surface area contributed by atoms with E-state index in [1.807, 2.05) is 22.6 Å². The van der Waals surface area contributed by atoms with E-state index in [0.29, 0.717) is 9.13 Å². The molecular formula is C8H6BrF2IO. The zero-order valence-corrected chi connectivity index (χ0v) is 10.4. The van der Waals surface area contributed by atoms with Crippen molar-refractivity contribution < 1.29 is 13.5 Å². The van der Waals surface area contributed by atoms with Crippen LogP contribution in [0.4, 0.5) is 8.78 Å². The van der Waals surface area contributed by atoms with Gasteiger partial charge in [0.25, 0.3) is 0 Å². The van der Waals surface area contributed by atoms with Gasteiger partial charge in [0.2, 0.25) is 5.82 Å². The van der Waals surface area contributed by atoms with Crippen molar-refractivity contribution in [1.82, 2.24) is 0 Å². The van der Waals surface area contributed by atoms with Crippen molar-refractivity contribution in [3.8, 4) is 5.75 Å². The molecule has 0 amide bonds. The van der Waals surface area contributed by atoms with Gasteiger partial charge in [-0.2, -0.15) is 4.39 Å². The van der Waals surface area contributed by atoms with E-state index in [-0.39, 0.29) is 11.1 Å². The number of benzene rings is 1. The Labute approximate surface area is 96.7 Å². The van der Waals surface area contributed by atoms with Gasteiger partial charge in [-0.05, 0) is 28.7 Å². The topological polar surface area (TPSA) is 9.23 Å². The number of hydrogen-bond acceptors (Lipinski definition) is 1. The maximum absolute atomic E-state index is 13.2. The van der Waals surface area contributed by atoms with Crippen LogP contribution in [0.1, 0.15) is 5.56 Å². The monoisotopic (exact) mass is 362 g/mol. The molecule has 0 radical (unpaired) electrons. The number of alkyl halides is 1. The first-order valence-electron chi connectivity index (χ1n) is 3.38. The molecule has 0 spiro atoms. The highest BCUT2D eigenvalue weighted by Gasteiger charge is 2.16. The Hall–Kier alpha value is 0.0900. The smallest absolute Gasteiger partial charge is 0.200 e. The largest absolute Gasteiger partial charge is 0.494 e. The summed E-state index contributed by atoms with van der Waals surface area (Å²) in [6.45, 7) is 0. The second-order valence-corrected chi connectivity index (χ2v) is 4.02.